The molecule has 17 heavy (non-hydrogen) atoms. The molecule has 0 spiro atoms. The number of hydrogen-bond donors (Lipinski definition) is 0. The Bertz CT molecular complexity index is 433. The largest absolute Gasteiger partial charge is 0.332 e. The number of amides is 1. The Balaban J connectivity index is 1.86. The Hall–Kier alpha value is -0.250. The summed E-state index contributed by atoms with van der Waals surface area (Å²) in [6, 6.07) is 2.43. The molecule has 0 saturated carbocycles. The first-order valence-corrected chi connectivity index (χ1v) is 7.56. The molecule has 92 valence electrons. The first-order valence-electron chi connectivity index (χ1n) is 5.86. The van der Waals surface area contributed by atoms with E-state index in [2.05, 4.69) is 0 Å². The maximum absolute atomic E-state index is 12.5. The Morgan fingerprint density at radius 1 is 1.35 bits per heavy atom. The summed E-state index contributed by atoms with van der Waals surface area (Å²) in [5, 5.41) is 2.67. The van der Waals surface area contributed by atoms with Gasteiger partial charge < -0.3 is 4.90 Å². The highest BCUT2D eigenvalue weighted by atomic mass is 35.5. The van der Waals surface area contributed by atoms with Crippen molar-refractivity contribution in [3.63, 3.8) is 0 Å². The monoisotopic (exact) mass is 289 g/mol. The number of hydrogen-bond acceptors (Lipinski definition) is 2. The van der Waals surface area contributed by atoms with Gasteiger partial charge >= 0.3 is 0 Å². The van der Waals surface area contributed by atoms with Gasteiger partial charge in [0, 0.05) is 17.5 Å². The molecule has 5 heteroatoms. The van der Waals surface area contributed by atoms with E-state index < -0.39 is 0 Å². The SMILES string of the molecule is O=C(c1sccc1Cl)N1C2CCC1CC(Cl)C2. The summed E-state index contributed by atoms with van der Waals surface area (Å²) in [6.07, 6.45) is 4.02. The molecule has 1 amide bonds. The van der Waals surface area contributed by atoms with E-state index in [1.807, 2.05) is 10.3 Å². The predicted molar refractivity (Wildman–Crippen MR) is 71.2 cm³/mol. The Kier molecular flexibility index (Phi) is 3.09. The molecule has 2 fully saturated rings. The van der Waals surface area contributed by atoms with Crippen LogP contribution in [0.25, 0.3) is 0 Å². The molecule has 3 heterocycles. The van der Waals surface area contributed by atoms with Crippen molar-refractivity contribution in [2.45, 2.75) is 43.1 Å². The minimum absolute atomic E-state index is 0.0982. The van der Waals surface area contributed by atoms with Gasteiger partial charge in [-0.15, -0.1) is 22.9 Å². The number of piperidine rings is 1. The van der Waals surface area contributed by atoms with Crippen LogP contribution in [0.4, 0.5) is 0 Å². The lowest BCUT2D eigenvalue weighted by atomic mass is 10.0. The third-order valence-electron chi connectivity index (χ3n) is 3.72. The molecule has 2 bridgehead atoms. The number of thiophene rings is 1. The van der Waals surface area contributed by atoms with E-state index in [9.17, 15) is 4.79 Å². The molecule has 1 aromatic rings. The zero-order valence-electron chi connectivity index (χ0n) is 9.23. The topological polar surface area (TPSA) is 20.3 Å². The van der Waals surface area contributed by atoms with E-state index in [4.69, 9.17) is 23.2 Å². The highest BCUT2D eigenvalue weighted by Crippen LogP contribution is 2.39. The Morgan fingerprint density at radius 2 is 2.00 bits per heavy atom. The van der Waals surface area contributed by atoms with Crippen LogP contribution in [0, 0.1) is 0 Å². The summed E-state index contributed by atoms with van der Waals surface area (Å²) in [7, 11) is 0. The summed E-state index contributed by atoms with van der Waals surface area (Å²) < 4.78 is 0. The van der Waals surface area contributed by atoms with Gasteiger partial charge in [0.2, 0.25) is 0 Å². The second kappa shape index (κ2) is 4.45. The summed E-state index contributed by atoms with van der Waals surface area (Å²) in [5.41, 5.74) is 0. The second-order valence-electron chi connectivity index (χ2n) is 4.76. The fourth-order valence-corrected chi connectivity index (χ4v) is 4.50. The van der Waals surface area contributed by atoms with Crippen LogP contribution in [-0.4, -0.2) is 28.3 Å². The van der Waals surface area contributed by atoms with Crippen LogP contribution in [0.1, 0.15) is 35.4 Å². The van der Waals surface area contributed by atoms with Gasteiger partial charge in [0.25, 0.3) is 5.91 Å². The standard InChI is InChI=1S/C12H13Cl2NOS/c13-7-5-8-1-2-9(6-7)15(8)12(16)11-10(14)3-4-17-11/h3-4,7-9H,1-2,5-6H2. The first kappa shape index (κ1) is 11.8. The average Bonchev–Trinajstić information content (AvgIpc) is 2.81. The molecule has 0 aromatic carbocycles. The third kappa shape index (κ3) is 1.98. The summed E-state index contributed by atoms with van der Waals surface area (Å²) in [4.78, 5) is 15.2. The van der Waals surface area contributed by atoms with Crippen LogP contribution in [-0.2, 0) is 0 Å². The molecule has 2 unspecified atom stereocenters. The van der Waals surface area contributed by atoms with E-state index in [0.717, 1.165) is 25.7 Å². The lowest BCUT2D eigenvalue weighted by molar-refractivity contribution is 0.0605. The molecular formula is C12H13Cl2NOS. The maximum atomic E-state index is 12.5. The van der Waals surface area contributed by atoms with Gasteiger partial charge in [-0.25, -0.2) is 0 Å². The number of carbonyl (C=O) groups is 1. The summed E-state index contributed by atoms with van der Waals surface area (Å²) >= 11 is 13.7. The first-order chi connectivity index (χ1) is 8.16. The van der Waals surface area contributed by atoms with Crippen molar-refractivity contribution in [1.29, 1.82) is 0 Å². The lowest BCUT2D eigenvalue weighted by Gasteiger charge is -2.36. The highest BCUT2D eigenvalue weighted by molar-refractivity contribution is 7.12. The zero-order valence-corrected chi connectivity index (χ0v) is 11.6. The lowest BCUT2D eigenvalue weighted by Crippen LogP contribution is -2.46. The number of fused-ring (bicyclic) bond motifs is 2. The van der Waals surface area contributed by atoms with Crippen LogP contribution in [0.15, 0.2) is 11.4 Å². The van der Waals surface area contributed by atoms with Crippen LogP contribution in [0.5, 0.6) is 0 Å². The molecule has 2 aliphatic heterocycles. The minimum Gasteiger partial charge on any atom is -0.332 e. The normalized spacial score (nSPS) is 31.9. The third-order valence-corrected chi connectivity index (χ3v) is 5.41. The van der Waals surface area contributed by atoms with Crippen molar-refractivity contribution in [3.8, 4) is 0 Å². The van der Waals surface area contributed by atoms with Crippen molar-refractivity contribution in [3.05, 3.63) is 21.3 Å². The van der Waals surface area contributed by atoms with Crippen LogP contribution >= 0.6 is 34.5 Å². The Labute approximate surface area is 115 Å². The molecular weight excluding hydrogens is 277 g/mol. The van der Waals surface area contributed by atoms with E-state index in [1.54, 1.807) is 6.07 Å². The van der Waals surface area contributed by atoms with Gasteiger partial charge in [-0.2, -0.15) is 0 Å². The van der Waals surface area contributed by atoms with Crippen molar-refractivity contribution in [1.82, 2.24) is 4.90 Å². The number of carbonyl (C=O) groups excluding carboxylic acids is 1. The Morgan fingerprint density at radius 3 is 2.53 bits per heavy atom. The average molecular weight is 290 g/mol. The molecule has 0 radical (unpaired) electrons. The van der Waals surface area contributed by atoms with Crippen LogP contribution in [0.2, 0.25) is 5.02 Å². The minimum atomic E-state index is 0.0982. The van der Waals surface area contributed by atoms with Crippen LogP contribution in [0.3, 0.4) is 0 Å². The molecule has 0 aliphatic carbocycles. The quantitative estimate of drug-likeness (QED) is 0.721. The number of rotatable bonds is 1. The molecule has 2 nitrogen and oxygen atoms in total. The van der Waals surface area contributed by atoms with Crippen molar-refractivity contribution in [2.24, 2.45) is 0 Å². The van der Waals surface area contributed by atoms with Gasteiger partial charge in [-0.1, -0.05) is 11.6 Å². The van der Waals surface area contributed by atoms with Gasteiger partial charge in [0.1, 0.15) is 4.88 Å². The molecule has 2 saturated heterocycles. The van der Waals surface area contributed by atoms with Gasteiger partial charge in [0.05, 0.1) is 5.02 Å². The van der Waals surface area contributed by atoms with Crippen molar-refractivity contribution < 1.29 is 4.79 Å². The van der Waals surface area contributed by atoms with Crippen molar-refractivity contribution >= 4 is 40.4 Å². The molecule has 3 rings (SSSR count). The van der Waals surface area contributed by atoms with Crippen molar-refractivity contribution in [2.75, 3.05) is 0 Å². The number of halogens is 2. The van der Waals surface area contributed by atoms with Gasteiger partial charge in [0.15, 0.2) is 0 Å². The van der Waals surface area contributed by atoms with E-state index in [-0.39, 0.29) is 11.3 Å². The molecule has 0 N–H and O–H groups in total. The summed E-state index contributed by atoms with van der Waals surface area (Å²) in [5.74, 6) is 0.0982. The highest BCUT2D eigenvalue weighted by Gasteiger charge is 2.43. The smallest absolute Gasteiger partial charge is 0.265 e. The van der Waals surface area contributed by atoms with Gasteiger partial charge in [-0.05, 0) is 37.1 Å². The van der Waals surface area contributed by atoms with E-state index in [1.165, 1.54) is 11.3 Å². The fraction of sp³-hybridized carbons (Fsp3) is 0.583. The molecule has 2 atom stereocenters. The zero-order chi connectivity index (χ0) is 12.0. The maximum Gasteiger partial charge on any atom is 0.265 e. The number of alkyl halides is 1. The van der Waals surface area contributed by atoms with Crippen LogP contribution < -0.4 is 0 Å². The molecule has 2 aliphatic rings. The van der Waals surface area contributed by atoms with E-state index >= 15 is 0 Å². The van der Waals surface area contributed by atoms with E-state index in [0.29, 0.717) is 22.0 Å². The summed E-state index contributed by atoms with van der Waals surface area (Å²) in [6.45, 7) is 0. The number of nitrogens with zero attached hydrogens (tertiary/aromatic N) is 1. The predicted octanol–water partition coefficient (Wildman–Crippen LogP) is 3.78. The fourth-order valence-electron chi connectivity index (χ4n) is 3.01. The molecule has 1 aromatic heterocycles. The second-order valence-corrected chi connectivity index (χ2v) is 6.70. The van der Waals surface area contributed by atoms with Gasteiger partial charge in [-0.3, -0.25) is 4.79 Å².